The first kappa shape index (κ1) is 18.7. The van der Waals surface area contributed by atoms with Crippen LogP contribution in [-0.4, -0.2) is 47.1 Å². The van der Waals surface area contributed by atoms with Crippen LogP contribution in [-0.2, 0) is 11.3 Å². The Morgan fingerprint density at radius 3 is 2.32 bits per heavy atom. The van der Waals surface area contributed by atoms with Crippen LogP contribution in [0, 0.1) is 0 Å². The van der Waals surface area contributed by atoms with E-state index in [9.17, 15) is 0 Å². The van der Waals surface area contributed by atoms with Gasteiger partial charge in [0, 0.05) is 37.0 Å². The molecule has 2 aromatic carbocycles. The molecule has 1 fully saturated rings. The summed E-state index contributed by atoms with van der Waals surface area (Å²) in [6.07, 6.45) is 2.65. The summed E-state index contributed by atoms with van der Waals surface area (Å²) in [5, 5.41) is 4.93. The summed E-state index contributed by atoms with van der Waals surface area (Å²) in [7, 11) is 1.69. The van der Waals surface area contributed by atoms with Crippen LogP contribution in [0.5, 0.6) is 5.75 Å². The van der Waals surface area contributed by atoms with Gasteiger partial charge in [0.2, 0.25) is 0 Å². The topological polar surface area (TPSA) is 39.5 Å². The molecule has 0 aliphatic carbocycles. The number of rotatable bonds is 5. The predicted octanol–water partition coefficient (Wildman–Crippen LogP) is 4.16. The van der Waals surface area contributed by atoms with E-state index in [1.54, 1.807) is 7.11 Å². The lowest BCUT2D eigenvalue weighted by molar-refractivity contribution is -0.0704. The normalized spacial score (nSPS) is 20.2. The minimum absolute atomic E-state index is 0.248. The zero-order valence-corrected chi connectivity index (χ0v) is 16.7. The van der Waals surface area contributed by atoms with Crippen molar-refractivity contribution in [1.82, 2.24) is 14.7 Å². The van der Waals surface area contributed by atoms with Crippen LogP contribution < -0.4 is 4.74 Å². The summed E-state index contributed by atoms with van der Waals surface area (Å²) < 4.78 is 13.2. The molecule has 0 N–H and O–H groups in total. The number of nitrogens with zero attached hydrogens (tertiary/aromatic N) is 3. The van der Waals surface area contributed by atoms with Crippen LogP contribution in [0.15, 0.2) is 60.8 Å². The number of para-hydroxylation sites is 1. The minimum Gasteiger partial charge on any atom is -0.497 e. The van der Waals surface area contributed by atoms with Gasteiger partial charge in [-0.15, -0.1) is 0 Å². The molecule has 0 amide bonds. The highest BCUT2D eigenvalue weighted by molar-refractivity contribution is 5.64. The van der Waals surface area contributed by atoms with E-state index < -0.39 is 0 Å². The summed E-state index contributed by atoms with van der Waals surface area (Å²) in [4.78, 5) is 2.46. The number of aromatic nitrogens is 2. The molecule has 28 heavy (non-hydrogen) atoms. The van der Waals surface area contributed by atoms with E-state index >= 15 is 0 Å². The largest absolute Gasteiger partial charge is 0.497 e. The molecule has 5 nitrogen and oxygen atoms in total. The second-order valence-corrected chi connectivity index (χ2v) is 7.46. The van der Waals surface area contributed by atoms with Crippen molar-refractivity contribution in [2.24, 2.45) is 0 Å². The van der Waals surface area contributed by atoms with Crippen molar-refractivity contribution in [2.75, 3.05) is 20.2 Å². The number of hydrogen-bond acceptors (Lipinski definition) is 4. The molecule has 0 spiro atoms. The molecule has 3 aromatic rings. The zero-order chi connectivity index (χ0) is 19.5. The van der Waals surface area contributed by atoms with Crippen LogP contribution in [0.3, 0.4) is 0 Å². The minimum atomic E-state index is 0.248. The van der Waals surface area contributed by atoms with Gasteiger partial charge in [0.25, 0.3) is 0 Å². The van der Waals surface area contributed by atoms with Crippen molar-refractivity contribution >= 4 is 0 Å². The van der Waals surface area contributed by atoms with Crippen LogP contribution in [0.1, 0.15) is 19.4 Å². The summed E-state index contributed by atoms with van der Waals surface area (Å²) in [6.45, 7) is 7.00. The maximum Gasteiger partial charge on any atom is 0.118 e. The molecule has 2 heterocycles. The molecule has 2 atom stereocenters. The average molecular weight is 377 g/mol. The third-order valence-electron chi connectivity index (χ3n) is 5.06. The van der Waals surface area contributed by atoms with E-state index in [1.165, 1.54) is 5.56 Å². The molecule has 0 saturated carbocycles. The molecule has 4 rings (SSSR count). The van der Waals surface area contributed by atoms with Crippen molar-refractivity contribution in [3.05, 3.63) is 66.4 Å². The monoisotopic (exact) mass is 377 g/mol. The SMILES string of the molecule is COc1ccc(-c2nn(-c3ccccc3)cc2CN2C[C@H](C)O[C@@H](C)C2)cc1. The fraction of sp³-hybridized carbons (Fsp3) is 0.348. The Kier molecular flexibility index (Phi) is 5.46. The van der Waals surface area contributed by atoms with Crippen molar-refractivity contribution in [2.45, 2.75) is 32.6 Å². The van der Waals surface area contributed by atoms with Crippen molar-refractivity contribution < 1.29 is 9.47 Å². The van der Waals surface area contributed by atoms with Crippen LogP contribution in [0.4, 0.5) is 0 Å². The van der Waals surface area contributed by atoms with Gasteiger partial charge in [0.1, 0.15) is 5.75 Å². The Hall–Kier alpha value is -2.63. The molecular formula is C23H27N3O2. The second kappa shape index (κ2) is 8.17. The lowest BCUT2D eigenvalue weighted by Gasteiger charge is -2.35. The van der Waals surface area contributed by atoms with Gasteiger partial charge in [-0.1, -0.05) is 18.2 Å². The Bertz CT molecular complexity index is 895. The van der Waals surface area contributed by atoms with E-state index in [1.807, 2.05) is 35.0 Å². The van der Waals surface area contributed by atoms with Gasteiger partial charge >= 0.3 is 0 Å². The zero-order valence-electron chi connectivity index (χ0n) is 16.7. The fourth-order valence-corrected chi connectivity index (χ4v) is 3.88. The summed E-state index contributed by atoms with van der Waals surface area (Å²) in [5.74, 6) is 0.851. The van der Waals surface area contributed by atoms with Gasteiger partial charge in [0.05, 0.1) is 30.7 Å². The molecule has 0 bridgehead atoms. The van der Waals surface area contributed by atoms with Gasteiger partial charge in [-0.3, -0.25) is 4.90 Å². The number of hydrogen-bond donors (Lipinski definition) is 0. The van der Waals surface area contributed by atoms with Crippen molar-refractivity contribution in [1.29, 1.82) is 0 Å². The smallest absolute Gasteiger partial charge is 0.118 e. The first-order valence-electron chi connectivity index (χ1n) is 9.78. The van der Waals surface area contributed by atoms with Gasteiger partial charge in [-0.05, 0) is 50.2 Å². The Labute approximate surface area is 166 Å². The molecule has 1 aliphatic rings. The van der Waals surface area contributed by atoms with Crippen molar-refractivity contribution in [3.8, 4) is 22.7 Å². The average Bonchev–Trinajstić information content (AvgIpc) is 3.11. The highest BCUT2D eigenvalue weighted by atomic mass is 16.5. The van der Waals surface area contributed by atoms with Crippen LogP contribution >= 0.6 is 0 Å². The maximum absolute atomic E-state index is 5.89. The number of methoxy groups -OCH3 is 1. The van der Waals surface area contributed by atoms with Gasteiger partial charge < -0.3 is 9.47 Å². The fourth-order valence-electron chi connectivity index (χ4n) is 3.88. The van der Waals surface area contributed by atoms with E-state index in [0.29, 0.717) is 0 Å². The van der Waals surface area contributed by atoms with Crippen LogP contribution in [0.2, 0.25) is 0 Å². The predicted molar refractivity (Wildman–Crippen MR) is 111 cm³/mol. The van der Waals surface area contributed by atoms with Gasteiger partial charge in [-0.25, -0.2) is 4.68 Å². The lowest BCUT2D eigenvalue weighted by atomic mass is 10.1. The molecule has 1 saturated heterocycles. The number of morpholine rings is 1. The quantitative estimate of drug-likeness (QED) is 0.669. The first-order chi connectivity index (χ1) is 13.6. The summed E-state index contributed by atoms with van der Waals surface area (Å²) in [6, 6.07) is 18.4. The molecule has 0 radical (unpaired) electrons. The van der Waals surface area contributed by atoms with E-state index in [-0.39, 0.29) is 12.2 Å². The molecule has 146 valence electrons. The Morgan fingerprint density at radius 2 is 1.68 bits per heavy atom. The third-order valence-corrected chi connectivity index (χ3v) is 5.06. The maximum atomic E-state index is 5.89. The highest BCUT2D eigenvalue weighted by Crippen LogP contribution is 2.27. The standard InChI is InChI=1S/C23H27N3O2/c1-17-13-25(14-18(2)28-17)15-20-16-26(21-7-5-4-6-8-21)24-23(20)19-9-11-22(27-3)12-10-19/h4-12,16-18H,13-15H2,1-3H3/t17-,18-/m0/s1. The Morgan fingerprint density at radius 1 is 1.00 bits per heavy atom. The molecule has 1 aliphatic heterocycles. The van der Waals surface area contributed by atoms with E-state index in [4.69, 9.17) is 14.6 Å². The van der Waals surface area contributed by atoms with Crippen molar-refractivity contribution in [3.63, 3.8) is 0 Å². The first-order valence-corrected chi connectivity index (χ1v) is 9.78. The van der Waals surface area contributed by atoms with Gasteiger partial charge in [0.15, 0.2) is 0 Å². The summed E-state index contributed by atoms with van der Waals surface area (Å²) >= 11 is 0. The van der Waals surface area contributed by atoms with Crippen LogP contribution in [0.25, 0.3) is 16.9 Å². The van der Waals surface area contributed by atoms with E-state index in [0.717, 1.165) is 42.3 Å². The molecular weight excluding hydrogens is 350 g/mol. The second-order valence-electron chi connectivity index (χ2n) is 7.46. The molecule has 0 unspecified atom stereocenters. The summed E-state index contributed by atoms with van der Waals surface area (Å²) in [5.41, 5.74) is 4.39. The van der Waals surface area contributed by atoms with E-state index in [2.05, 4.69) is 49.2 Å². The van der Waals surface area contributed by atoms with Gasteiger partial charge in [-0.2, -0.15) is 5.10 Å². The molecule has 5 heteroatoms. The highest BCUT2D eigenvalue weighted by Gasteiger charge is 2.24. The number of ether oxygens (including phenoxy) is 2. The molecule has 1 aromatic heterocycles. The number of benzene rings is 2. The lowest BCUT2D eigenvalue weighted by Crippen LogP contribution is -2.44. The Balaban J connectivity index is 1.69. The third kappa shape index (κ3) is 4.11.